The van der Waals surface area contributed by atoms with Crippen molar-refractivity contribution in [1.29, 1.82) is 0 Å². The number of phenolic OH excluding ortho intramolecular Hbond substituents is 1. The van der Waals surface area contributed by atoms with E-state index in [1.54, 1.807) is 23.1 Å². The van der Waals surface area contributed by atoms with Gasteiger partial charge in [0, 0.05) is 24.7 Å². The zero-order valence-corrected chi connectivity index (χ0v) is 10.1. The van der Waals surface area contributed by atoms with E-state index in [-0.39, 0.29) is 11.7 Å². The number of hydrogen-bond donors (Lipinski definition) is 1. The Morgan fingerprint density at radius 1 is 1.44 bits per heavy atom. The number of benzene rings is 1. The highest BCUT2D eigenvalue weighted by Crippen LogP contribution is 2.21. The van der Waals surface area contributed by atoms with Crippen LogP contribution in [0.25, 0.3) is 0 Å². The second-order valence-corrected chi connectivity index (χ2v) is 4.26. The molecule has 1 aromatic rings. The van der Waals surface area contributed by atoms with Crippen molar-refractivity contribution < 1.29 is 9.90 Å². The molecule has 88 valence electrons. The summed E-state index contributed by atoms with van der Waals surface area (Å²) in [5.74, 6) is 0.634. The summed E-state index contributed by atoms with van der Waals surface area (Å²) in [5, 5.41) is 9.38. The van der Waals surface area contributed by atoms with Gasteiger partial charge in [0.1, 0.15) is 5.75 Å². The fourth-order valence-corrected chi connectivity index (χ4v) is 1.62. The van der Waals surface area contributed by atoms with Crippen molar-refractivity contribution in [3.63, 3.8) is 0 Å². The lowest BCUT2D eigenvalue weighted by Gasteiger charge is -2.22. The molecule has 0 unspecified atom stereocenters. The first kappa shape index (κ1) is 12.6. The van der Waals surface area contributed by atoms with Crippen LogP contribution >= 0.6 is 0 Å². The van der Waals surface area contributed by atoms with Crippen LogP contribution in [-0.2, 0) is 4.79 Å². The van der Waals surface area contributed by atoms with E-state index in [0.29, 0.717) is 18.9 Å². The van der Waals surface area contributed by atoms with Gasteiger partial charge < -0.3 is 10.0 Å². The minimum atomic E-state index is 0.100. The predicted octanol–water partition coefficient (Wildman–Crippen LogP) is 2.79. The molecule has 0 aliphatic carbocycles. The smallest absolute Gasteiger partial charge is 0.227 e. The zero-order valence-electron chi connectivity index (χ0n) is 10.1. The number of hydrogen-bond acceptors (Lipinski definition) is 2. The van der Waals surface area contributed by atoms with Crippen LogP contribution < -0.4 is 4.90 Å². The van der Waals surface area contributed by atoms with Gasteiger partial charge in [-0.15, -0.1) is 0 Å². The third-order valence-corrected chi connectivity index (χ3v) is 2.34. The molecular weight excluding hydrogens is 202 g/mol. The molecule has 0 aliphatic rings. The molecule has 16 heavy (non-hydrogen) atoms. The summed E-state index contributed by atoms with van der Waals surface area (Å²) >= 11 is 0. The van der Waals surface area contributed by atoms with E-state index < -0.39 is 0 Å². The van der Waals surface area contributed by atoms with Gasteiger partial charge in [0.2, 0.25) is 5.91 Å². The molecule has 0 spiro atoms. The average molecular weight is 221 g/mol. The minimum Gasteiger partial charge on any atom is -0.508 e. The Morgan fingerprint density at radius 3 is 2.62 bits per heavy atom. The average Bonchev–Trinajstić information content (AvgIpc) is 2.17. The molecule has 3 nitrogen and oxygen atoms in total. The summed E-state index contributed by atoms with van der Waals surface area (Å²) in [4.78, 5) is 13.6. The molecule has 0 fully saturated rings. The van der Waals surface area contributed by atoms with Crippen LogP contribution in [-0.4, -0.2) is 17.6 Å². The summed E-state index contributed by atoms with van der Waals surface area (Å²) in [5.41, 5.74) is 0.758. The molecule has 0 saturated heterocycles. The molecule has 1 aromatic carbocycles. The summed E-state index contributed by atoms with van der Waals surface area (Å²) in [7, 11) is 0. The lowest BCUT2D eigenvalue weighted by Crippen LogP contribution is -2.31. The summed E-state index contributed by atoms with van der Waals surface area (Å²) in [6.07, 6.45) is 0.531. The minimum absolute atomic E-state index is 0.100. The lowest BCUT2D eigenvalue weighted by atomic mass is 10.1. The van der Waals surface area contributed by atoms with Crippen LogP contribution in [0.1, 0.15) is 27.2 Å². The highest BCUT2D eigenvalue weighted by molar-refractivity contribution is 5.93. The Labute approximate surface area is 96.7 Å². The largest absolute Gasteiger partial charge is 0.508 e. The number of carbonyl (C=O) groups excluding carboxylic acids is 1. The van der Waals surface area contributed by atoms with Crippen molar-refractivity contribution in [3.8, 4) is 5.75 Å². The third-order valence-electron chi connectivity index (χ3n) is 2.34. The maximum atomic E-state index is 11.9. The highest BCUT2D eigenvalue weighted by Gasteiger charge is 2.15. The topological polar surface area (TPSA) is 40.5 Å². The number of carbonyl (C=O) groups is 1. The van der Waals surface area contributed by atoms with Crippen LogP contribution in [0, 0.1) is 5.92 Å². The fraction of sp³-hybridized carbons (Fsp3) is 0.462. The van der Waals surface area contributed by atoms with E-state index in [9.17, 15) is 9.90 Å². The standard InChI is InChI=1S/C13H19NO2/c1-4-14(13(16)8-10(2)3)11-6-5-7-12(15)9-11/h5-7,9-10,15H,4,8H2,1-3H3. The van der Waals surface area contributed by atoms with Crippen molar-refractivity contribution in [2.24, 2.45) is 5.92 Å². The van der Waals surface area contributed by atoms with Gasteiger partial charge in [-0.05, 0) is 25.0 Å². The summed E-state index contributed by atoms with van der Waals surface area (Å²) < 4.78 is 0. The molecule has 0 atom stereocenters. The van der Waals surface area contributed by atoms with Crippen molar-refractivity contribution in [2.45, 2.75) is 27.2 Å². The molecule has 0 aromatic heterocycles. The van der Waals surface area contributed by atoms with E-state index in [2.05, 4.69) is 0 Å². The van der Waals surface area contributed by atoms with Crippen molar-refractivity contribution in [1.82, 2.24) is 0 Å². The Morgan fingerprint density at radius 2 is 2.12 bits per heavy atom. The van der Waals surface area contributed by atoms with Crippen LogP contribution in [0.15, 0.2) is 24.3 Å². The highest BCUT2D eigenvalue weighted by atomic mass is 16.3. The van der Waals surface area contributed by atoms with Crippen LogP contribution in [0.3, 0.4) is 0 Å². The number of anilines is 1. The molecule has 0 heterocycles. The number of nitrogens with zero attached hydrogens (tertiary/aromatic N) is 1. The van der Waals surface area contributed by atoms with Crippen molar-refractivity contribution in [3.05, 3.63) is 24.3 Å². The first-order valence-electron chi connectivity index (χ1n) is 5.64. The number of aromatic hydroxyl groups is 1. The second-order valence-electron chi connectivity index (χ2n) is 4.26. The molecule has 0 aliphatic heterocycles. The van der Waals surface area contributed by atoms with Crippen molar-refractivity contribution >= 4 is 11.6 Å². The maximum absolute atomic E-state index is 11.9. The normalized spacial score (nSPS) is 10.5. The first-order chi connectivity index (χ1) is 7.54. The van der Waals surface area contributed by atoms with Gasteiger partial charge in [0.05, 0.1) is 0 Å². The maximum Gasteiger partial charge on any atom is 0.227 e. The molecule has 3 heteroatoms. The third kappa shape index (κ3) is 3.26. The SMILES string of the molecule is CCN(C(=O)CC(C)C)c1cccc(O)c1. The van der Waals surface area contributed by atoms with Gasteiger partial charge in [0.25, 0.3) is 0 Å². The number of rotatable bonds is 4. The van der Waals surface area contributed by atoms with Gasteiger partial charge >= 0.3 is 0 Å². The molecule has 0 bridgehead atoms. The number of phenols is 1. The fourth-order valence-electron chi connectivity index (χ4n) is 1.62. The Bertz CT molecular complexity index is 361. The van der Waals surface area contributed by atoms with Gasteiger partial charge in [0.15, 0.2) is 0 Å². The Balaban J connectivity index is 2.85. The molecule has 1 amide bonds. The second kappa shape index (κ2) is 5.54. The summed E-state index contributed by atoms with van der Waals surface area (Å²) in [6.45, 7) is 6.60. The Kier molecular flexibility index (Phi) is 4.35. The van der Waals surface area contributed by atoms with Gasteiger partial charge in [-0.1, -0.05) is 19.9 Å². The lowest BCUT2D eigenvalue weighted by molar-refractivity contribution is -0.119. The first-order valence-corrected chi connectivity index (χ1v) is 5.64. The van der Waals surface area contributed by atoms with E-state index >= 15 is 0 Å². The zero-order chi connectivity index (χ0) is 12.1. The van der Waals surface area contributed by atoms with E-state index in [1.165, 1.54) is 0 Å². The quantitative estimate of drug-likeness (QED) is 0.849. The molecule has 1 N–H and O–H groups in total. The molecular formula is C13H19NO2. The Hall–Kier alpha value is -1.51. The van der Waals surface area contributed by atoms with E-state index in [4.69, 9.17) is 0 Å². The van der Waals surface area contributed by atoms with Crippen LogP contribution in [0.5, 0.6) is 5.75 Å². The van der Waals surface area contributed by atoms with Gasteiger partial charge in [-0.3, -0.25) is 4.79 Å². The number of amides is 1. The van der Waals surface area contributed by atoms with Gasteiger partial charge in [-0.25, -0.2) is 0 Å². The van der Waals surface area contributed by atoms with Gasteiger partial charge in [-0.2, -0.15) is 0 Å². The molecule has 0 saturated carbocycles. The monoisotopic (exact) mass is 221 g/mol. The van der Waals surface area contributed by atoms with E-state index in [1.807, 2.05) is 26.8 Å². The molecule has 0 radical (unpaired) electrons. The predicted molar refractivity (Wildman–Crippen MR) is 65.6 cm³/mol. The molecule has 1 rings (SSSR count). The summed E-state index contributed by atoms with van der Waals surface area (Å²) in [6, 6.07) is 6.80. The van der Waals surface area contributed by atoms with Crippen molar-refractivity contribution in [2.75, 3.05) is 11.4 Å². The van der Waals surface area contributed by atoms with Crippen LogP contribution in [0.2, 0.25) is 0 Å². The van der Waals surface area contributed by atoms with E-state index in [0.717, 1.165) is 5.69 Å². The van der Waals surface area contributed by atoms with Crippen LogP contribution in [0.4, 0.5) is 5.69 Å².